The number of carbonyl (C=O) groups is 1. The molecular weight excluding hydrogens is 236 g/mol. The average molecular weight is 248 g/mol. The first-order valence-electron chi connectivity index (χ1n) is 4.86. The summed E-state index contributed by atoms with van der Waals surface area (Å²) < 4.78 is 5.13. The zero-order valence-electron chi connectivity index (χ0n) is 9.30. The molecule has 0 bridgehead atoms. The van der Waals surface area contributed by atoms with Crippen molar-refractivity contribution in [3.8, 4) is 17.6 Å². The molecule has 0 spiro atoms. The van der Waals surface area contributed by atoms with Gasteiger partial charge in [0.1, 0.15) is 5.75 Å². The molecule has 1 aromatic carbocycles. The molecule has 0 radical (unpaired) electrons. The van der Waals surface area contributed by atoms with Crippen LogP contribution >= 0.6 is 12.6 Å². The molecule has 17 heavy (non-hydrogen) atoms. The molecule has 0 aliphatic heterocycles. The van der Waals surface area contributed by atoms with Crippen molar-refractivity contribution in [3.63, 3.8) is 0 Å². The zero-order chi connectivity index (χ0) is 12.7. The van der Waals surface area contributed by atoms with Crippen molar-refractivity contribution in [3.05, 3.63) is 35.4 Å². The molecule has 0 heterocycles. The van der Waals surface area contributed by atoms with Crippen LogP contribution in [0.5, 0.6) is 5.75 Å². The molecule has 0 amide bonds. The van der Waals surface area contributed by atoms with Crippen LogP contribution in [0.15, 0.2) is 24.3 Å². The maximum absolute atomic E-state index is 10.5. The van der Waals surface area contributed by atoms with E-state index in [1.54, 1.807) is 12.1 Å². The summed E-state index contributed by atoms with van der Waals surface area (Å²) in [4.78, 5) is 10.5. The van der Waals surface area contributed by atoms with E-state index in [2.05, 4.69) is 24.5 Å². The molecule has 88 valence electrons. The number of carboxylic acid groups (broad SMARTS) is 1. The van der Waals surface area contributed by atoms with Crippen molar-refractivity contribution in [2.24, 2.45) is 0 Å². The largest absolute Gasteiger partial charge is 0.496 e. The summed E-state index contributed by atoms with van der Waals surface area (Å²) in [6, 6.07) is 5.34. The summed E-state index contributed by atoms with van der Waals surface area (Å²) in [6.45, 7) is 0. The summed E-state index contributed by atoms with van der Waals surface area (Å²) in [6.07, 6.45) is 2.54. The highest BCUT2D eigenvalue weighted by Gasteiger charge is 2.01. The first-order valence-corrected chi connectivity index (χ1v) is 5.49. The topological polar surface area (TPSA) is 46.5 Å². The lowest BCUT2D eigenvalue weighted by Crippen LogP contribution is -1.90. The summed E-state index contributed by atoms with van der Waals surface area (Å²) in [5.41, 5.74) is 1.48. The van der Waals surface area contributed by atoms with Gasteiger partial charge in [0.25, 0.3) is 0 Å². The van der Waals surface area contributed by atoms with E-state index in [1.807, 2.05) is 6.07 Å². The van der Waals surface area contributed by atoms with E-state index in [4.69, 9.17) is 9.84 Å². The average Bonchev–Trinajstić information content (AvgIpc) is 2.33. The van der Waals surface area contributed by atoms with Crippen LogP contribution in [-0.2, 0) is 4.79 Å². The molecule has 1 rings (SSSR count). The molecule has 4 heteroatoms. The van der Waals surface area contributed by atoms with E-state index < -0.39 is 5.97 Å². The Bertz CT molecular complexity index is 495. The molecule has 3 nitrogen and oxygen atoms in total. The molecular formula is C13H12O3S. The molecule has 1 aromatic rings. The van der Waals surface area contributed by atoms with Gasteiger partial charge >= 0.3 is 5.97 Å². The van der Waals surface area contributed by atoms with Crippen LogP contribution in [0.25, 0.3) is 6.08 Å². The van der Waals surface area contributed by atoms with E-state index in [9.17, 15) is 4.79 Å². The smallest absolute Gasteiger partial charge is 0.328 e. The molecule has 1 N–H and O–H groups in total. The maximum atomic E-state index is 10.5. The number of ether oxygens (including phenoxy) is 1. The van der Waals surface area contributed by atoms with Crippen molar-refractivity contribution < 1.29 is 14.6 Å². The molecule has 0 saturated carbocycles. The minimum atomic E-state index is -1.00. The van der Waals surface area contributed by atoms with Gasteiger partial charge in [-0.3, -0.25) is 0 Å². The Labute approximate surface area is 106 Å². The number of hydrogen-bond acceptors (Lipinski definition) is 3. The van der Waals surface area contributed by atoms with Crippen LogP contribution < -0.4 is 4.74 Å². The van der Waals surface area contributed by atoms with Gasteiger partial charge in [0.2, 0.25) is 0 Å². The second kappa shape index (κ2) is 6.66. The van der Waals surface area contributed by atoms with Crippen LogP contribution in [0.1, 0.15) is 11.1 Å². The Morgan fingerprint density at radius 3 is 2.94 bits per heavy atom. The predicted octanol–water partition coefficient (Wildman–Crippen LogP) is 2.07. The second-order valence-corrected chi connectivity index (χ2v) is 3.40. The summed E-state index contributed by atoms with van der Waals surface area (Å²) in [7, 11) is 1.53. The third-order valence-corrected chi connectivity index (χ3v) is 2.11. The lowest BCUT2D eigenvalue weighted by atomic mass is 10.1. The van der Waals surface area contributed by atoms with Crippen molar-refractivity contribution in [1.82, 2.24) is 0 Å². The molecule has 0 saturated heterocycles. The van der Waals surface area contributed by atoms with E-state index in [1.165, 1.54) is 13.2 Å². The van der Waals surface area contributed by atoms with Gasteiger partial charge < -0.3 is 9.84 Å². The minimum Gasteiger partial charge on any atom is -0.496 e. The van der Waals surface area contributed by atoms with Gasteiger partial charge in [-0.25, -0.2) is 4.79 Å². The molecule has 0 aliphatic rings. The third-order valence-electron chi connectivity index (χ3n) is 1.95. The number of rotatable bonds is 3. The number of hydrogen-bond donors (Lipinski definition) is 2. The SMILES string of the molecule is COc1ccc(C#CCS)cc1/C=C/C(=O)O. The number of thiol groups is 1. The van der Waals surface area contributed by atoms with Gasteiger partial charge in [-0.1, -0.05) is 11.8 Å². The van der Waals surface area contributed by atoms with E-state index >= 15 is 0 Å². The normalized spacial score (nSPS) is 9.76. The minimum absolute atomic E-state index is 0.478. The fourth-order valence-electron chi connectivity index (χ4n) is 1.25. The predicted molar refractivity (Wildman–Crippen MR) is 70.4 cm³/mol. The highest BCUT2D eigenvalue weighted by atomic mass is 32.1. The lowest BCUT2D eigenvalue weighted by Gasteiger charge is -2.04. The van der Waals surface area contributed by atoms with Gasteiger partial charge in [-0.05, 0) is 24.3 Å². The highest BCUT2D eigenvalue weighted by Crippen LogP contribution is 2.20. The standard InChI is InChI=1S/C13H12O3S/c1-16-12-6-4-10(3-2-8-17)9-11(12)5-7-13(14)15/h4-7,9,17H,8H2,1H3,(H,14,15)/b7-5+. The summed E-state index contributed by atoms with van der Waals surface area (Å²) >= 11 is 3.99. The van der Waals surface area contributed by atoms with E-state index in [0.29, 0.717) is 17.1 Å². The molecule has 0 aliphatic carbocycles. The second-order valence-electron chi connectivity index (χ2n) is 3.09. The van der Waals surface area contributed by atoms with Crippen LogP contribution in [0, 0.1) is 11.8 Å². The molecule has 0 unspecified atom stereocenters. The van der Waals surface area contributed by atoms with Crippen molar-refractivity contribution >= 4 is 24.7 Å². The monoisotopic (exact) mass is 248 g/mol. The fourth-order valence-corrected chi connectivity index (χ4v) is 1.32. The van der Waals surface area contributed by atoms with Gasteiger partial charge in [0.15, 0.2) is 0 Å². The Kier molecular flexibility index (Phi) is 5.18. The quantitative estimate of drug-likeness (QED) is 0.489. The highest BCUT2D eigenvalue weighted by molar-refractivity contribution is 7.80. The third kappa shape index (κ3) is 4.25. The summed E-state index contributed by atoms with van der Waals surface area (Å²) in [5.74, 6) is 5.83. The summed E-state index contributed by atoms with van der Waals surface area (Å²) in [5, 5.41) is 8.58. The number of carboxylic acids is 1. The first-order chi connectivity index (χ1) is 8.17. The lowest BCUT2D eigenvalue weighted by molar-refractivity contribution is -0.131. The Hall–Kier alpha value is -1.86. The van der Waals surface area contributed by atoms with E-state index in [-0.39, 0.29) is 0 Å². The first kappa shape index (κ1) is 13.2. The van der Waals surface area contributed by atoms with Gasteiger partial charge in [-0.15, -0.1) is 0 Å². The van der Waals surface area contributed by atoms with Gasteiger partial charge in [-0.2, -0.15) is 12.6 Å². The Morgan fingerprint density at radius 1 is 1.59 bits per heavy atom. The number of benzene rings is 1. The zero-order valence-corrected chi connectivity index (χ0v) is 10.2. The Morgan fingerprint density at radius 2 is 2.35 bits per heavy atom. The van der Waals surface area contributed by atoms with E-state index in [0.717, 1.165) is 11.6 Å². The van der Waals surface area contributed by atoms with Crippen LogP contribution in [0.2, 0.25) is 0 Å². The van der Waals surface area contributed by atoms with Crippen molar-refractivity contribution in [1.29, 1.82) is 0 Å². The Balaban J connectivity index is 3.10. The van der Waals surface area contributed by atoms with Crippen molar-refractivity contribution in [2.75, 3.05) is 12.9 Å². The van der Waals surface area contributed by atoms with Crippen LogP contribution in [-0.4, -0.2) is 23.9 Å². The fraction of sp³-hybridized carbons (Fsp3) is 0.154. The molecule has 0 aromatic heterocycles. The molecule has 0 fully saturated rings. The van der Waals surface area contributed by atoms with Crippen LogP contribution in [0.3, 0.4) is 0 Å². The van der Waals surface area contributed by atoms with Gasteiger partial charge in [0, 0.05) is 17.2 Å². The number of aliphatic carboxylic acids is 1. The number of methoxy groups -OCH3 is 1. The van der Waals surface area contributed by atoms with Crippen molar-refractivity contribution in [2.45, 2.75) is 0 Å². The van der Waals surface area contributed by atoms with Gasteiger partial charge in [0.05, 0.1) is 12.9 Å². The molecule has 0 atom stereocenters. The van der Waals surface area contributed by atoms with Crippen LogP contribution in [0.4, 0.5) is 0 Å². The maximum Gasteiger partial charge on any atom is 0.328 e.